The van der Waals surface area contributed by atoms with Crippen molar-refractivity contribution in [2.75, 3.05) is 31.9 Å². The van der Waals surface area contributed by atoms with E-state index in [1.165, 1.54) is 20.3 Å². The van der Waals surface area contributed by atoms with E-state index in [1.807, 2.05) is 22.7 Å². The number of nitrogens with zero attached hydrogens (tertiary/aromatic N) is 5. The number of rotatable bonds is 8. The second-order valence-corrected chi connectivity index (χ2v) is 9.17. The lowest BCUT2D eigenvalue weighted by Gasteiger charge is -2.16. The minimum absolute atomic E-state index is 0.318. The summed E-state index contributed by atoms with van der Waals surface area (Å²) >= 11 is 13.6. The highest BCUT2D eigenvalue weighted by molar-refractivity contribution is 6.41. The quantitative estimate of drug-likeness (QED) is 0.240. The Labute approximate surface area is 233 Å². The number of amides is 1. The zero-order valence-electron chi connectivity index (χ0n) is 21.2. The van der Waals surface area contributed by atoms with Gasteiger partial charge in [-0.1, -0.05) is 29.8 Å². The van der Waals surface area contributed by atoms with Crippen molar-refractivity contribution in [3.63, 3.8) is 0 Å². The number of ether oxygens (including phenoxy) is 2. The van der Waals surface area contributed by atoms with Gasteiger partial charge in [-0.15, -0.1) is 0 Å². The third kappa shape index (κ3) is 4.91. The van der Waals surface area contributed by atoms with E-state index >= 15 is 0 Å². The summed E-state index contributed by atoms with van der Waals surface area (Å²) in [5, 5.41) is 7.03. The second-order valence-electron chi connectivity index (χ2n) is 8.41. The first-order valence-corrected chi connectivity index (χ1v) is 12.5. The highest BCUT2D eigenvalue weighted by atomic mass is 35.5. The number of anilines is 2. The number of hydrogen-bond acceptors (Lipinski definition) is 8. The van der Waals surface area contributed by atoms with Gasteiger partial charge in [0.15, 0.2) is 5.65 Å². The Morgan fingerprint density at radius 1 is 1.08 bits per heavy atom. The molecule has 0 aliphatic rings. The van der Waals surface area contributed by atoms with E-state index < -0.39 is 0 Å². The molecule has 39 heavy (non-hydrogen) atoms. The molecule has 4 aromatic heterocycles. The summed E-state index contributed by atoms with van der Waals surface area (Å²) in [4.78, 5) is 29.9. The van der Waals surface area contributed by atoms with E-state index in [1.54, 1.807) is 31.6 Å². The lowest BCUT2D eigenvalue weighted by atomic mass is 10.0. The molecule has 4 heterocycles. The molecule has 1 aromatic carbocycles. The standard InChI is InChI=1S/C27H23Cl2N7O3/c1-5-21(37)34-20-9-14(6-7-31-20)8-16-13-36-25-15(12-32-27(30-2)35-25)10-17(26(36)33-16)22-23(28)18(38-3)11-19(39-4)24(22)29/h5-7,9-13H,1,8H2,2-4H3,(H,30,32,35)(H,31,34,37). The fraction of sp³-hybridized carbons (Fsp3) is 0.148. The first-order valence-electron chi connectivity index (χ1n) is 11.7. The van der Waals surface area contributed by atoms with Crippen molar-refractivity contribution in [2.24, 2.45) is 0 Å². The number of carbonyl (C=O) groups is 1. The van der Waals surface area contributed by atoms with E-state index in [0.29, 0.717) is 62.2 Å². The molecular formula is C27H23Cl2N7O3. The van der Waals surface area contributed by atoms with E-state index in [2.05, 4.69) is 32.2 Å². The first-order chi connectivity index (χ1) is 18.9. The van der Waals surface area contributed by atoms with Crippen molar-refractivity contribution in [2.45, 2.75) is 6.42 Å². The van der Waals surface area contributed by atoms with Crippen LogP contribution in [0.15, 0.2) is 55.5 Å². The number of aromatic nitrogens is 5. The fourth-order valence-electron chi connectivity index (χ4n) is 4.23. The topological polar surface area (TPSA) is 116 Å². The zero-order chi connectivity index (χ0) is 27.7. The van der Waals surface area contributed by atoms with Crippen LogP contribution >= 0.6 is 23.2 Å². The summed E-state index contributed by atoms with van der Waals surface area (Å²) in [5.74, 6) is 1.35. The fourth-order valence-corrected chi connectivity index (χ4v) is 4.93. The molecule has 0 spiro atoms. The van der Waals surface area contributed by atoms with Gasteiger partial charge in [-0.2, -0.15) is 4.98 Å². The highest BCUT2D eigenvalue weighted by Crippen LogP contribution is 2.47. The van der Waals surface area contributed by atoms with Crippen LogP contribution in [-0.4, -0.2) is 51.5 Å². The van der Waals surface area contributed by atoms with E-state index in [4.69, 9.17) is 37.7 Å². The third-order valence-electron chi connectivity index (χ3n) is 6.03. The molecule has 0 atom stereocenters. The van der Waals surface area contributed by atoms with Gasteiger partial charge < -0.3 is 20.1 Å². The van der Waals surface area contributed by atoms with Crippen molar-refractivity contribution in [3.05, 3.63) is 76.8 Å². The van der Waals surface area contributed by atoms with Crippen LogP contribution in [0.5, 0.6) is 11.5 Å². The molecule has 10 nitrogen and oxygen atoms in total. The molecule has 5 rings (SSSR count). The maximum absolute atomic E-state index is 11.7. The maximum atomic E-state index is 11.7. The molecule has 12 heteroatoms. The number of imidazole rings is 1. The smallest absolute Gasteiger partial charge is 0.248 e. The maximum Gasteiger partial charge on any atom is 0.248 e. The molecule has 0 aliphatic carbocycles. The molecule has 0 radical (unpaired) electrons. The Morgan fingerprint density at radius 3 is 2.49 bits per heavy atom. The van der Waals surface area contributed by atoms with E-state index in [0.717, 1.165) is 16.6 Å². The zero-order valence-corrected chi connectivity index (χ0v) is 22.8. The monoisotopic (exact) mass is 563 g/mol. The molecule has 2 N–H and O–H groups in total. The molecule has 0 saturated heterocycles. The minimum atomic E-state index is -0.342. The van der Waals surface area contributed by atoms with Gasteiger partial charge in [-0.25, -0.2) is 15.0 Å². The molecule has 0 bridgehead atoms. The average Bonchev–Trinajstić information content (AvgIpc) is 3.37. The van der Waals surface area contributed by atoms with Crippen molar-refractivity contribution < 1.29 is 14.3 Å². The second kappa shape index (κ2) is 10.8. The molecule has 0 fully saturated rings. The van der Waals surface area contributed by atoms with E-state index in [-0.39, 0.29) is 5.91 Å². The van der Waals surface area contributed by atoms with Gasteiger partial charge >= 0.3 is 0 Å². The molecule has 0 aliphatic heterocycles. The molecule has 5 aromatic rings. The van der Waals surface area contributed by atoms with E-state index in [9.17, 15) is 4.79 Å². The number of methoxy groups -OCH3 is 2. The van der Waals surface area contributed by atoms with Gasteiger partial charge in [-0.05, 0) is 29.8 Å². The summed E-state index contributed by atoms with van der Waals surface area (Å²) in [7, 11) is 4.80. The number of nitrogens with one attached hydrogen (secondary N) is 2. The van der Waals surface area contributed by atoms with Gasteiger partial charge in [0.05, 0.1) is 30.0 Å². The lowest BCUT2D eigenvalue weighted by Crippen LogP contribution is -2.09. The molecule has 0 saturated carbocycles. The van der Waals surface area contributed by atoms with Crippen LogP contribution in [0.2, 0.25) is 10.0 Å². The number of carbonyl (C=O) groups excluding carboxylic acids is 1. The SMILES string of the molecule is C=CC(=O)Nc1cc(Cc2cn3c(n2)c(-c2c(Cl)c(OC)cc(OC)c2Cl)cc2cnc(NC)nc23)ccn1. The highest BCUT2D eigenvalue weighted by Gasteiger charge is 2.23. The van der Waals surface area contributed by atoms with Crippen LogP contribution in [0.3, 0.4) is 0 Å². The Balaban J connectivity index is 1.72. The minimum Gasteiger partial charge on any atom is -0.495 e. The number of halogens is 2. The van der Waals surface area contributed by atoms with Crippen molar-refractivity contribution >= 4 is 57.6 Å². The first kappa shape index (κ1) is 26.2. The number of pyridine rings is 2. The Bertz CT molecular complexity index is 1730. The number of benzene rings is 1. The summed E-state index contributed by atoms with van der Waals surface area (Å²) < 4.78 is 12.9. The van der Waals surface area contributed by atoms with Crippen LogP contribution in [0.25, 0.3) is 27.8 Å². The normalized spacial score (nSPS) is 11.0. The van der Waals surface area contributed by atoms with Crippen LogP contribution < -0.4 is 20.1 Å². The molecule has 198 valence electrons. The summed E-state index contributed by atoms with van der Waals surface area (Å²) in [6.45, 7) is 3.47. The molecular weight excluding hydrogens is 541 g/mol. The van der Waals surface area contributed by atoms with Crippen LogP contribution in [0, 0.1) is 0 Å². The predicted octanol–water partition coefficient (Wildman–Crippen LogP) is 5.42. The largest absolute Gasteiger partial charge is 0.495 e. The van der Waals surface area contributed by atoms with Gasteiger partial charge in [0.1, 0.15) is 23.0 Å². The summed E-state index contributed by atoms with van der Waals surface area (Å²) in [6, 6.07) is 7.17. The Hall–Kier alpha value is -4.41. The van der Waals surface area contributed by atoms with Crippen molar-refractivity contribution in [1.29, 1.82) is 0 Å². The van der Waals surface area contributed by atoms with Gasteiger partial charge in [0.2, 0.25) is 11.9 Å². The number of fused-ring (bicyclic) bond motifs is 3. The molecule has 0 unspecified atom stereocenters. The summed E-state index contributed by atoms with van der Waals surface area (Å²) in [5.41, 5.74) is 4.00. The van der Waals surface area contributed by atoms with Gasteiger partial charge in [-0.3, -0.25) is 9.20 Å². The predicted molar refractivity (Wildman–Crippen MR) is 152 cm³/mol. The summed E-state index contributed by atoms with van der Waals surface area (Å²) in [6.07, 6.45) is 6.88. The van der Waals surface area contributed by atoms with Crippen molar-refractivity contribution in [1.82, 2.24) is 24.3 Å². The van der Waals surface area contributed by atoms with Gasteiger partial charge in [0, 0.05) is 54.6 Å². The van der Waals surface area contributed by atoms with Crippen molar-refractivity contribution in [3.8, 4) is 22.6 Å². The van der Waals surface area contributed by atoms with Crippen LogP contribution in [0.1, 0.15) is 11.3 Å². The Morgan fingerprint density at radius 2 is 1.82 bits per heavy atom. The van der Waals surface area contributed by atoms with Crippen LogP contribution in [0.4, 0.5) is 11.8 Å². The Kier molecular flexibility index (Phi) is 7.23. The van der Waals surface area contributed by atoms with Gasteiger partial charge in [0.25, 0.3) is 0 Å². The average molecular weight is 564 g/mol. The van der Waals surface area contributed by atoms with Crippen LogP contribution in [-0.2, 0) is 11.2 Å². The number of hydrogen-bond donors (Lipinski definition) is 2. The third-order valence-corrected chi connectivity index (χ3v) is 6.78. The lowest BCUT2D eigenvalue weighted by molar-refractivity contribution is -0.111. The molecule has 1 amide bonds.